The van der Waals surface area contributed by atoms with E-state index in [1.807, 2.05) is 0 Å². The molecule has 99 valence electrons. The van der Waals surface area contributed by atoms with Crippen molar-refractivity contribution in [3.8, 4) is 0 Å². The molecule has 0 amide bonds. The summed E-state index contributed by atoms with van der Waals surface area (Å²) in [6.07, 6.45) is 0.833. The Kier molecular flexibility index (Phi) is 8.72. The Morgan fingerprint density at radius 1 is 1.41 bits per heavy atom. The van der Waals surface area contributed by atoms with Gasteiger partial charge in [-0.25, -0.2) is 4.79 Å². The van der Waals surface area contributed by atoms with Crippen molar-refractivity contribution in [2.75, 3.05) is 13.2 Å². The lowest BCUT2D eigenvalue weighted by atomic mass is 10.1. The monoisotopic (exact) mass is 243 g/mol. The van der Waals surface area contributed by atoms with Gasteiger partial charge in [0.05, 0.1) is 6.10 Å². The van der Waals surface area contributed by atoms with E-state index in [4.69, 9.17) is 9.47 Å². The molecule has 2 unspecified atom stereocenters. The highest BCUT2D eigenvalue weighted by molar-refractivity contribution is 5.87. The molecule has 0 aromatic rings. The summed E-state index contributed by atoms with van der Waals surface area (Å²) in [6, 6.07) is 0. The fourth-order valence-electron chi connectivity index (χ4n) is 1.26. The van der Waals surface area contributed by atoms with Crippen molar-refractivity contribution in [2.24, 2.45) is 0 Å². The van der Waals surface area contributed by atoms with Crippen LogP contribution in [0.2, 0.25) is 0 Å². The molecule has 0 aliphatic carbocycles. The third-order valence-corrected chi connectivity index (χ3v) is 2.14. The number of carbonyl (C=O) groups excluding carboxylic acids is 1. The number of aliphatic hydroxyl groups excluding tert-OH is 1. The summed E-state index contributed by atoms with van der Waals surface area (Å²) in [5.41, 5.74) is 0.366. The van der Waals surface area contributed by atoms with Crippen LogP contribution < -0.4 is 0 Å². The quantitative estimate of drug-likeness (QED) is 0.381. The number of esters is 1. The number of rotatable bonds is 9. The van der Waals surface area contributed by atoms with Crippen molar-refractivity contribution < 1.29 is 19.4 Å². The Morgan fingerprint density at radius 2 is 2.06 bits per heavy atom. The summed E-state index contributed by atoms with van der Waals surface area (Å²) in [7, 11) is 0. The van der Waals surface area contributed by atoms with Crippen LogP contribution in [-0.2, 0) is 14.3 Å². The summed E-state index contributed by atoms with van der Waals surface area (Å²) in [5.74, 6) is -0.419. The maximum Gasteiger partial charge on any atom is 0.333 e. The lowest BCUT2D eigenvalue weighted by Gasteiger charge is -2.17. The maximum absolute atomic E-state index is 11.2. The Labute approximate surface area is 104 Å². The standard InChI is InChI=1S/C13H23O4/c1-5-7-16-8-6-12(14)9-11(4)17-13(15)10(2)3/h11-12,14H,1-2,5-9H2,3-4H3. The smallest absolute Gasteiger partial charge is 0.333 e. The first-order chi connectivity index (χ1) is 7.97. The van der Waals surface area contributed by atoms with Crippen molar-refractivity contribution in [2.45, 2.75) is 45.3 Å². The molecule has 4 heteroatoms. The minimum absolute atomic E-state index is 0.318. The van der Waals surface area contributed by atoms with E-state index < -0.39 is 12.1 Å². The Hall–Kier alpha value is -0.870. The molecular formula is C13H23O4. The second kappa shape index (κ2) is 9.19. The fraction of sp³-hybridized carbons (Fsp3) is 0.692. The number of aliphatic hydroxyl groups is 1. The van der Waals surface area contributed by atoms with Gasteiger partial charge in [-0.15, -0.1) is 0 Å². The Morgan fingerprint density at radius 3 is 2.59 bits per heavy atom. The zero-order valence-corrected chi connectivity index (χ0v) is 10.8. The van der Waals surface area contributed by atoms with Crippen LogP contribution in [0.5, 0.6) is 0 Å². The highest BCUT2D eigenvalue weighted by Crippen LogP contribution is 2.08. The third kappa shape index (κ3) is 8.89. The van der Waals surface area contributed by atoms with Crippen LogP contribution in [0.3, 0.4) is 0 Å². The lowest BCUT2D eigenvalue weighted by Crippen LogP contribution is -2.22. The Bertz CT molecular complexity index is 238. The SMILES string of the molecule is [CH2]CCOCCC(O)CC(C)OC(=O)C(=C)C. The molecule has 0 saturated carbocycles. The van der Waals surface area contributed by atoms with Gasteiger partial charge in [-0.2, -0.15) is 0 Å². The Balaban J connectivity index is 3.68. The van der Waals surface area contributed by atoms with Crippen molar-refractivity contribution in [1.29, 1.82) is 0 Å². The molecule has 0 spiro atoms. The van der Waals surface area contributed by atoms with E-state index in [9.17, 15) is 9.90 Å². The minimum Gasteiger partial charge on any atom is -0.459 e. The maximum atomic E-state index is 11.2. The van der Waals surface area contributed by atoms with E-state index in [1.165, 1.54) is 0 Å². The number of hydrogen-bond acceptors (Lipinski definition) is 4. The van der Waals surface area contributed by atoms with Gasteiger partial charge in [0.25, 0.3) is 0 Å². The van der Waals surface area contributed by atoms with Gasteiger partial charge in [0, 0.05) is 25.2 Å². The van der Waals surface area contributed by atoms with Gasteiger partial charge < -0.3 is 14.6 Å². The van der Waals surface area contributed by atoms with Gasteiger partial charge in [0.2, 0.25) is 0 Å². The molecule has 0 fully saturated rings. The van der Waals surface area contributed by atoms with Crippen molar-refractivity contribution in [3.05, 3.63) is 19.1 Å². The van der Waals surface area contributed by atoms with E-state index in [0.29, 0.717) is 31.6 Å². The van der Waals surface area contributed by atoms with Crippen LogP contribution in [0, 0.1) is 6.92 Å². The molecular weight excluding hydrogens is 220 g/mol. The molecule has 0 aromatic heterocycles. The summed E-state index contributed by atoms with van der Waals surface area (Å²) < 4.78 is 10.3. The molecule has 0 rings (SSSR count). The van der Waals surface area contributed by atoms with Crippen molar-refractivity contribution in [3.63, 3.8) is 0 Å². The van der Waals surface area contributed by atoms with Gasteiger partial charge in [-0.3, -0.25) is 0 Å². The highest BCUT2D eigenvalue weighted by atomic mass is 16.5. The average molecular weight is 243 g/mol. The van der Waals surface area contributed by atoms with Crippen molar-refractivity contribution in [1.82, 2.24) is 0 Å². The second-order valence-corrected chi connectivity index (χ2v) is 4.14. The molecule has 0 aliphatic heterocycles. The van der Waals surface area contributed by atoms with E-state index in [-0.39, 0.29) is 6.10 Å². The van der Waals surface area contributed by atoms with Gasteiger partial charge in [0.1, 0.15) is 6.10 Å². The zero-order chi connectivity index (χ0) is 13.3. The molecule has 2 atom stereocenters. The molecule has 0 saturated heterocycles. The first-order valence-corrected chi connectivity index (χ1v) is 5.89. The molecule has 1 radical (unpaired) electrons. The minimum atomic E-state index is -0.521. The first-order valence-electron chi connectivity index (χ1n) is 5.89. The van der Waals surface area contributed by atoms with Gasteiger partial charge >= 0.3 is 5.97 Å². The van der Waals surface area contributed by atoms with E-state index in [2.05, 4.69) is 13.5 Å². The number of hydrogen-bond donors (Lipinski definition) is 1. The summed E-state index contributed by atoms with van der Waals surface area (Å²) in [5, 5.41) is 9.66. The van der Waals surface area contributed by atoms with E-state index in [0.717, 1.165) is 6.42 Å². The van der Waals surface area contributed by atoms with Gasteiger partial charge in [-0.1, -0.05) is 13.5 Å². The highest BCUT2D eigenvalue weighted by Gasteiger charge is 2.14. The van der Waals surface area contributed by atoms with Crippen LogP contribution in [-0.4, -0.2) is 36.5 Å². The fourth-order valence-corrected chi connectivity index (χ4v) is 1.26. The average Bonchev–Trinajstić information content (AvgIpc) is 2.24. The summed E-state index contributed by atoms with van der Waals surface area (Å²) in [6.45, 7) is 11.6. The predicted octanol–water partition coefficient (Wildman–Crippen LogP) is 1.88. The summed E-state index contributed by atoms with van der Waals surface area (Å²) >= 11 is 0. The normalized spacial score (nSPS) is 14.1. The molecule has 1 N–H and O–H groups in total. The predicted molar refractivity (Wildman–Crippen MR) is 66.4 cm³/mol. The van der Waals surface area contributed by atoms with Gasteiger partial charge in [-0.05, 0) is 26.7 Å². The molecule has 0 heterocycles. The van der Waals surface area contributed by atoms with E-state index in [1.54, 1.807) is 13.8 Å². The third-order valence-electron chi connectivity index (χ3n) is 2.14. The van der Waals surface area contributed by atoms with Crippen molar-refractivity contribution >= 4 is 5.97 Å². The molecule has 0 aliphatic rings. The van der Waals surface area contributed by atoms with Crippen LogP contribution in [0.15, 0.2) is 12.2 Å². The first kappa shape index (κ1) is 16.1. The van der Waals surface area contributed by atoms with Crippen LogP contribution >= 0.6 is 0 Å². The molecule has 4 nitrogen and oxygen atoms in total. The topological polar surface area (TPSA) is 55.8 Å². The summed E-state index contributed by atoms with van der Waals surface area (Å²) in [4.78, 5) is 11.2. The van der Waals surface area contributed by atoms with Crippen LogP contribution in [0.1, 0.15) is 33.1 Å². The largest absolute Gasteiger partial charge is 0.459 e. The molecule has 17 heavy (non-hydrogen) atoms. The number of carbonyl (C=O) groups is 1. The van der Waals surface area contributed by atoms with Gasteiger partial charge in [0.15, 0.2) is 0 Å². The molecule has 0 aromatic carbocycles. The van der Waals surface area contributed by atoms with Crippen LogP contribution in [0.25, 0.3) is 0 Å². The zero-order valence-electron chi connectivity index (χ0n) is 10.8. The molecule has 0 bridgehead atoms. The number of ether oxygens (including phenoxy) is 2. The van der Waals surface area contributed by atoms with Crippen LogP contribution in [0.4, 0.5) is 0 Å². The second-order valence-electron chi connectivity index (χ2n) is 4.14. The lowest BCUT2D eigenvalue weighted by molar-refractivity contribution is -0.144. The van der Waals surface area contributed by atoms with E-state index >= 15 is 0 Å².